The van der Waals surface area contributed by atoms with Crippen LogP contribution in [0.4, 0.5) is 4.79 Å². The molecule has 0 saturated carbocycles. The van der Waals surface area contributed by atoms with E-state index in [1.807, 2.05) is 54.8 Å². The molecular weight excluding hydrogens is 944 g/mol. The molecule has 20 heteroatoms. The van der Waals surface area contributed by atoms with Crippen molar-refractivity contribution in [3.63, 3.8) is 0 Å². The van der Waals surface area contributed by atoms with Crippen molar-refractivity contribution < 1.29 is 57.1 Å². The third kappa shape index (κ3) is 21.0. The number of carbonyl (C=O) groups is 5. The van der Waals surface area contributed by atoms with Crippen molar-refractivity contribution in [1.82, 2.24) is 31.5 Å². The second-order valence-corrected chi connectivity index (χ2v) is 19.4. The highest BCUT2D eigenvalue weighted by molar-refractivity contribution is 8.00. The van der Waals surface area contributed by atoms with Gasteiger partial charge in [0.25, 0.3) is 11.8 Å². The molecule has 3 saturated heterocycles. The maximum absolute atomic E-state index is 13.6. The Balaban J connectivity index is 0.752. The van der Waals surface area contributed by atoms with Gasteiger partial charge in [-0.05, 0) is 73.4 Å². The van der Waals surface area contributed by atoms with Crippen LogP contribution in [0.25, 0.3) is 0 Å². The third-order valence-electron chi connectivity index (χ3n) is 12.2. The SMILES string of the molecule is CC(C)[C@@H](NC(=O)c1cccc(C(=O)NCCOCCOCCOCCOCCOCCOCCOCCNC(=O)CCCC[C@@H]2SC[C@@H]3NC(=O)N[C@@H]32)c1)C(=O)N1CCC(c2ccc(Cl)cc2)CC1. The van der Waals surface area contributed by atoms with Gasteiger partial charge in [-0.15, -0.1) is 0 Å². The van der Waals surface area contributed by atoms with Crippen LogP contribution in [0.3, 0.4) is 0 Å². The number of hydrogen-bond acceptors (Lipinski definition) is 13. The van der Waals surface area contributed by atoms with Gasteiger partial charge in [0.1, 0.15) is 6.04 Å². The Morgan fingerprint density at radius 3 is 1.79 bits per heavy atom. The van der Waals surface area contributed by atoms with Crippen LogP contribution in [-0.4, -0.2) is 182 Å². The molecule has 5 N–H and O–H groups in total. The second kappa shape index (κ2) is 32.8. The van der Waals surface area contributed by atoms with Gasteiger partial charge in [0.05, 0.1) is 105 Å². The quantitative estimate of drug-likeness (QED) is 0.0485. The summed E-state index contributed by atoms with van der Waals surface area (Å²) in [6.07, 6.45) is 4.96. The lowest BCUT2D eigenvalue weighted by Gasteiger charge is -2.35. The Bertz CT molecular complexity index is 1880. The number of fused-ring (bicyclic) bond motifs is 1. The molecular formula is C50H75ClN6O12S. The minimum absolute atomic E-state index is 0.0302. The summed E-state index contributed by atoms with van der Waals surface area (Å²) in [5.41, 5.74) is 1.85. The maximum atomic E-state index is 13.6. The molecule has 3 aliphatic heterocycles. The van der Waals surface area contributed by atoms with Gasteiger partial charge in [-0.25, -0.2) is 4.79 Å². The predicted octanol–water partition coefficient (Wildman–Crippen LogP) is 4.19. The molecule has 0 aliphatic carbocycles. The summed E-state index contributed by atoms with van der Waals surface area (Å²) < 4.78 is 38.7. The second-order valence-electron chi connectivity index (χ2n) is 17.7. The largest absolute Gasteiger partial charge is 0.377 e. The van der Waals surface area contributed by atoms with E-state index in [-0.39, 0.29) is 48.3 Å². The molecule has 0 radical (unpaired) electrons. The molecule has 4 atom stereocenters. The van der Waals surface area contributed by atoms with Gasteiger partial charge in [-0.1, -0.05) is 50.1 Å². The number of piperidine rings is 1. The molecule has 2 aromatic rings. The average molecular weight is 1020 g/mol. The van der Waals surface area contributed by atoms with Gasteiger partial charge in [-0.2, -0.15) is 11.8 Å². The molecule has 0 bridgehead atoms. The zero-order valence-corrected chi connectivity index (χ0v) is 42.5. The summed E-state index contributed by atoms with van der Waals surface area (Å²) in [6.45, 7) is 11.6. The zero-order chi connectivity index (χ0) is 49.8. The lowest BCUT2D eigenvalue weighted by Crippen LogP contribution is -2.52. The van der Waals surface area contributed by atoms with Crippen molar-refractivity contribution in [2.45, 2.75) is 81.7 Å². The van der Waals surface area contributed by atoms with Crippen molar-refractivity contribution in [1.29, 1.82) is 0 Å². The third-order valence-corrected chi connectivity index (χ3v) is 13.9. The Morgan fingerprint density at radius 2 is 1.23 bits per heavy atom. The number of carbonyl (C=O) groups excluding carboxylic acids is 5. The van der Waals surface area contributed by atoms with E-state index in [4.69, 9.17) is 44.8 Å². The Kier molecular flexibility index (Phi) is 26.7. The van der Waals surface area contributed by atoms with E-state index >= 15 is 0 Å². The van der Waals surface area contributed by atoms with Crippen LogP contribution in [0, 0.1) is 5.92 Å². The van der Waals surface area contributed by atoms with Crippen molar-refractivity contribution >= 4 is 53.0 Å². The summed E-state index contributed by atoms with van der Waals surface area (Å²) in [4.78, 5) is 65.2. The number of rotatable bonds is 35. The van der Waals surface area contributed by atoms with Gasteiger partial charge >= 0.3 is 6.03 Å². The Hall–Kier alpha value is -4.05. The van der Waals surface area contributed by atoms with Crippen molar-refractivity contribution in [2.24, 2.45) is 5.92 Å². The number of likely N-dealkylation sites (tertiary alicyclic amines) is 1. The first-order valence-corrected chi connectivity index (χ1v) is 26.2. The summed E-state index contributed by atoms with van der Waals surface area (Å²) >= 11 is 7.95. The van der Waals surface area contributed by atoms with Crippen LogP contribution in [0.5, 0.6) is 0 Å². The number of ether oxygens (including phenoxy) is 7. The van der Waals surface area contributed by atoms with Crippen molar-refractivity contribution in [3.8, 4) is 0 Å². The molecule has 3 heterocycles. The van der Waals surface area contributed by atoms with Gasteiger partial charge in [0.2, 0.25) is 11.8 Å². The minimum atomic E-state index is -0.693. The zero-order valence-electron chi connectivity index (χ0n) is 40.9. The molecule has 390 valence electrons. The summed E-state index contributed by atoms with van der Waals surface area (Å²) in [7, 11) is 0. The van der Waals surface area contributed by atoms with Crippen LogP contribution in [0.2, 0.25) is 5.02 Å². The summed E-state index contributed by atoms with van der Waals surface area (Å²) in [5.74, 6) is 0.370. The molecule has 0 spiro atoms. The Labute approximate surface area is 422 Å². The van der Waals surface area contributed by atoms with E-state index in [0.717, 1.165) is 37.9 Å². The van der Waals surface area contributed by atoms with Crippen LogP contribution in [0.1, 0.15) is 84.6 Å². The molecule has 3 fully saturated rings. The number of amides is 6. The minimum Gasteiger partial charge on any atom is -0.377 e. The number of benzene rings is 2. The number of urea groups is 1. The van der Waals surface area contributed by atoms with Crippen molar-refractivity contribution in [2.75, 3.05) is 124 Å². The highest BCUT2D eigenvalue weighted by Crippen LogP contribution is 2.33. The van der Waals surface area contributed by atoms with Crippen LogP contribution < -0.4 is 26.6 Å². The molecule has 2 aromatic carbocycles. The molecule has 3 aliphatic rings. The first-order valence-electron chi connectivity index (χ1n) is 24.8. The van der Waals surface area contributed by atoms with Crippen LogP contribution >= 0.6 is 23.4 Å². The normalized spacial score (nSPS) is 18.3. The first kappa shape index (κ1) is 56.9. The smallest absolute Gasteiger partial charge is 0.315 e. The fourth-order valence-corrected chi connectivity index (χ4v) is 9.96. The van der Waals surface area contributed by atoms with Crippen molar-refractivity contribution in [3.05, 3.63) is 70.2 Å². The molecule has 0 unspecified atom stereocenters. The predicted molar refractivity (Wildman–Crippen MR) is 268 cm³/mol. The van der Waals surface area contributed by atoms with Gasteiger partial charge < -0.3 is 64.6 Å². The fourth-order valence-electron chi connectivity index (χ4n) is 8.29. The fraction of sp³-hybridized carbons (Fsp3) is 0.660. The van der Waals surface area contributed by atoms with E-state index in [9.17, 15) is 24.0 Å². The van der Waals surface area contributed by atoms with E-state index < -0.39 is 11.9 Å². The number of nitrogens with zero attached hydrogens (tertiary/aromatic N) is 1. The highest BCUT2D eigenvalue weighted by Gasteiger charge is 2.42. The molecule has 5 rings (SSSR count). The van der Waals surface area contributed by atoms with Gasteiger partial charge in [0, 0.05) is 59.8 Å². The monoisotopic (exact) mass is 1020 g/mol. The standard InChI is InChI=1S/C50H75ClN6O12S/c1-36(2)45(49(61)57-18-14-38(15-19-57)37-10-12-41(51)13-11-37)55-48(60)40-7-5-6-39(34-40)47(59)53-17-21-64-23-25-66-27-29-68-31-33-69-32-30-67-28-26-65-24-22-63-20-16-52-44(58)9-4-3-8-43-46-42(35-70-43)54-50(62)56-46/h5-7,10-13,34,36,38,42-43,45-46H,3-4,8-9,14-33,35H2,1-2H3,(H,52,58)(H,53,59)(H,55,60)(H2,54,56,62)/t42-,43-,45+,46-/m0/s1. The average Bonchev–Trinajstić information content (AvgIpc) is 3.93. The number of unbranched alkanes of at least 4 members (excludes halogenated alkanes) is 1. The van der Waals surface area contributed by atoms with E-state index in [1.54, 1.807) is 18.2 Å². The summed E-state index contributed by atoms with van der Waals surface area (Å²) in [6, 6.07) is 14.0. The van der Waals surface area contributed by atoms with Gasteiger partial charge in [-0.3, -0.25) is 19.2 Å². The number of nitrogens with one attached hydrogen (secondary N) is 5. The van der Waals surface area contributed by atoms with Gasteiger partial charge in [0.15, 0.2) is 0 Å². The topological polar surface area (TPSA) is 213 Å². The maximum Gasteiger partial charge on any atom is 0.315 e. The van der Waals surface area contributed by atoms with E-state index in [2.05, 4.69) is 26.6 Å². The molecule has 18 nitrogen and oxygen atoms in total. The van der Waals surface area contributed by atoms with E-state index in [0.29, 0.717) is 146 Å². The summed E-state index contributed by atoms with van der Waals surface area (Å²) in [5, 5.41) is 15.7. The Morgan fingerprint density at radius 1 is 0.700 bits per heavy atom. The van der Waals surface area contributed by atoms with E-state index in [1.165, 1.54) is 11.6 Å². The first-order chi connectivity index (χ1) is 34.1. The number of thioether (sulfide) groups is 1. The van der Waals surface area contributed by atoms with Crippen LogP contribution in [-0.2, 0) is 42.7 Å². The lowest BCUT2D eigenvalue weighted by molar-refractivity contribution is -0.135. The molecule has 0 aromatic heterocycles. The highest BCUT2D eigenvalue weighted by atomic mass is 35.5. The number of halogens is 1. The lowest BCUT2D eigenvalue weighted by atomic mass is 9.89. The molecule has 70 heavy (non-hydrogen) atoms. The number of hydrogen-bond donors (Lipinski definition) is 5. The van der Waals surface area contributed by atoms with Crippen LogP contribution in [0.15, 0.2) is 48.5 Å². The molecule has 6 amide bonds.